The predicted octanol–water partition coefficient (Wildman–Crippen LogP) is 2.51. The summed E-state index contributed by atoms with van der Waals surface area (Å²) < 4.78 is 43.3. The third-order valence-electron chi connectivity index (χ3n) is 2.81. The van der Waals surface area contributed by atoms with Crippen LogP contribution in [0.5, 0.6) is 0 Å². The number of hydrogen-bond acceptors (Lipinski definition) is 4. The summed E-state index contributed by atoms with van der Waals surface area (Å²) >= 11 is 0. The molecule has 0 amide bonds. The Morgan fingerprint density at radius 3 is 2.65 bits per heavy atom. The Morgan fingerprint density at radius 2 is 2.05 bits per heavy atom. The monoisotopic (exact) mass is 287 g/mol. The van der Waals surface area contributed by atoms with Gasteiger partial charge in [0.05, 0.1) is 18.2 Å². The van der Waals surface area contributed by atoms with Crippen LogP contribution in [0.4, 0.5) is 13.2 Å². The standard InChI is InChI=1S/C13H12F3NO3/c1-7-11(18)10(12(20-7)17-19-2)8-4-3-5-9(6-8)13(14,15)16/h3-7,17H,1-2H3. The van der Waals surface area contributed by atoms with Crippen molar-refractivity contribution in [3.05, 3.63) is 41.3 Å². The molecule has 1 atom stereocenters. The summed E-state index contributed by atoms with van der Waals surface area (Å²) in [5, 5.41) is 0. The molecule has 0 aromatic heterocycles. The van der Waals surface area contributed by atoms with E-state index in [9.17, 15) is 18.0 Å². The van der Waals surface area contributed by atoms with Gasteiger partial charge in [0, 0.05) is 0 Å². The summed E-state index contributed by atoms with van der Waals surface area (Å²) in [5.74, 6) is -0.381. The molecular weight excluding hydrogens is 275 g/mol. The normalized spacial score (nSPS) is 19.2. The molecule has 20 heavy (non-hydrogen) atoms. The zero-order valence-electron chi connectivity index (χ0n) is 10.7. The van der Waals surface area contributed by atoms with Crippen molar-refractivity contribution in [2.24, 2.45) is 0 Å². The smallest absolute Gasteiger partial charge is 0.416 e. The van der Waals surface area contributed by atoms with Crippen LogP contribution in [0.1, 0.15) is 18.1 Å². The van der Waals surface area contributed by atoms with Gasteiger partial charge >= 0.3 is 6.18 Å². The van der Waals surface area contributed by atoms with Crippen molar-refractivity contribution in [1.29, 1.82) is 0 Å². The van der Waals surface area contributed by atoms with E-state index in [-0.39, 0.29) is 17.0 Å². The quantitative estimate of drug-likeness (QED) is 0.868. The van der Waals surface area contributed by atoms with Gasteiger partial charge in [-0.05, 0) is 24.6 Å². The maximum absolute atomic E-state index is 12.7. The largest absolute Gasteiger partial charge is 0.466 e. The van der Waals surface area contributed by atoms with E-state index < -0.39 is 23.6 Å². The molecular formula is C13H12F3NO3. The highest BCUT2D eigenvalue weighted by Gasteiger charge is 2.35. The molecule has 1 N–H and O–H groups in total. The van der Waals surface area contributed by atoms with Gasteiger partial charge in [0.25, 0.3) is 0 Å². The van der Waals surface area contributed by atoms with Gasteiger partial charge in [0.15, 0.2) is 6.10 Å². The Bertz CT molecular complexity index is 566. The zero-order chi connectivity index (χ0) is 14.9. The van der Waals surface area contributed by atoms with Gasteiger partial charge in [-0.1, -0.05) is 12.1 Å². The number of nitrogens with one attached hydrogen (secondary N) is 1. The van der Waals surface area contributed by atoms with Gasteiger partial charge in [-0.3, -0.25) is 9.63 Å². The lowest BCUT2D eigenvalue weighted by molar-refractivity contribution is -0.137. The van der Waals surface area contributed by atoms with Crippen LogP contribution in [0.25, 0.3) is 5.57 Å². The lowest BCUT2D eigenvalue weighted by atomic mass is 9.99. The molecule has 0 aliphatic carbocycles. The number of alkyl halides is 3. The van der Waals surface area contributed by atoms with Gasteiger partial charge in [0.2, 0.25) is 11.7 Å². The summed E-state index contributed by atoms with van der Waals surface area (Å²) in [6.45, 7) is 1.51. The molecule has 7 heteroatoms. The Kier molecular flexibility index (Phi) is 3.71. The maximum Gasteiger partial charge on any atom is 0.416 e. The molecule has 1 aliphatic rings. The first-order valence-corrected chi connectivity index (χ1v) is 5.76. The third-order valence-corrected chi connectivity index (χ3v) is 2.81. The van der Waals surface area contributed by atoms with E-state index in [2.05, 4.69) is 10.3 Å². The summed E-state index contributed by atoms with van der Waals surface area (Å²) in [7, 11) is 1.31. The van der Waals surface area contributed by atoms with Crippen LogP contribution < -0.4 is 5.48 Å². The minimum atomic E-state index is -4.47. The molecule has 0 fully saturated rings. The Hall–Kier alpha value is -2.02. The first kappa shape index (κ1) is 14.4. The van der Waals surface area contributed by atoms with Crippen molar-refractivity contribution in [1.82, 2.24) is 5.48 Å². The zero-order valence-corrected chi connectivity index (χ0v) is 10.7. The maximum atomic E-state index is 12.7. The second-order valence-electron chi connectivity index (χ2n) is 4.21. The third kappa shape index (κ3) is 2.62. The van der Waals surface area contributed by atoms with Gasteiger partial charge in [-0.2, -0.15) is 13.2 Å². The van der Waals surface area contributed by atoms with Crippen LogP contribution in [-0.4, -0.2) is 19.0 Å². The van der Waals surface area contributed by atoms with Crippen molar-refractivity contribution >= 4 is 11.4 Å². The number of Topliss-reactive ketones (excluding diaryl/α,β-unsaturated/α-hetero) is 1. The van der Waals surface area contributed by atoms with E-state index >= 15 is 0 Å². The highest BCUT2D eigenvalue weighted by molar-refractivity contribution is 6.24. The number of carbonyl (C=O) groups is 1. The minimum absolute atomic E-state index is 0.0179. The molecule has 1 unspecified atom stereocenters. The fourth-order valence-corrected chi connectivity index (χ4v) is 1.90. The van der Waals surface area contributed by atoms with Crippen LogP contribution in [0, 0.1) is 0 Å². The SMILES string of the molecule is CONC1=C(c2cccc(C(F)(F)F)c2)C(=O)C(C)O1. The van der Waals surface area contributed by atoms with Crippen LogP contribution in [-0.2, 0) is 20.5 Å². The van der Waals surface area contributed by atoms with Crippen LogP contribution in [0.2, 0.25) is 0 Å². The summed E-state index contributed by atoms with van der Waals surface area (Å²) in [4.78, 5) is 16.7. The van der Waals surface area contributed by atoms with Gasteiger partial charge in [-0.25, -0.2) is 5.48 Å². The molecule has 2 rings (SSSR count). The molecule has 4 nitrogen and oxygen atoms in total. The van der Waals surface area contributed by atoms with E-state index in [4.69, 9.17) is 4.74 Å². The average Bonchev–Trinajstić information content (AvgIpc) is 2.65. The Morgan fingerprint density at radius 1 is 1.35 bits per heavy atom. The van der Waals surface area contributed by atoms with Crippen LogP contribution in [0.15, 0.2) is 30.1 Å². The van der Waals surface area contributed by atoms with Crippen molar-refractivity contribution in [2.75, 3.05) is 7.11 Å². The number of halogens is 3. The molecule has 1 aromatic rings. The number of hydroxylamine groups is 1. The van der Waals surface area contributed by atoms with E-state index in [1.165, 1.54) is 26.2 Å². The van der Waals surface area contributed by atoms with E-state index in [1.807, 2.05) is 0 Å². The first-order valence-electron chi connectivity index (χ1n) is 5.76. The lowest BCUT2D eigenvalue weighted by Crippen LogP contribution is -2.15. The second-order valence-corrected chi connectivity index (χ2v) is 4.21. The first-order chi connectivity index (χ1) is 9.34. The molecule has 108 valence electrons. The molecule has 0 bridgehead atoms. The highest BCUT2D eigenvalue weighted by atomic mass is 19.4. The van der Waals surface area contributed by atoms with E-state index in [1.54, 1.807) is 0 Å². The van der Waals surface area contributed by atoms with E-state index in [0.717, 1.165) is 12.1 Å². The van der Waals surface area contributed by atoms with Crippen molar-refractivity contribution in [2.45, 2.75) is 19.2 Å². The number of carbonyl (C=O) groups excluding carboxylic acids is 1. The fourth-order valence-electron chi connectivity index (χ4n) is 1.90. The molecule has 0 saturated heterocycles. The number of ether oxygens (including phenoxy) is 1. The molecule has 0 saturated carbocycles. The predicted molar refractivity (Wildman–Crippen MR) is 64.1 cm³/mol. The van der Waals surface area contributed by atoms with Crippen molar-refractivity contribution < 1.29 is 27.5 Å². The Balaban J connectivity index is 2.48. The number of hydrogen-bond donors (Lipinski definition) is 1. The summed E-state index contributed by atoms with van der Waals surface area (Å²) in [6.07, 6.45) is -5.24. The number of rotatable bonds is 3. The number of benzene rings is 1. The van der Waals surface area contributed by atoms with Crippen LogP contribution >= 0.6 is 0 Å². The minimum Gasteiger partial charge on any atom is -0.466 e. The summed E-state index contributed by atoms with van der Waals surface area (Å²) in [6, 6.07) is 4.51. The highest BCUT2D eigenvalue weighted by Crippen LogP contribution is 2.34. The molecule has 1 aromatic carbocycles. The molecule has 1 heterocycles. The molecule has 1 aliphatic heterocycles. The fraction of sp³-hybridized carbons (Fsp3) is 0.308. The molecule has 0 spiro atoms. The average molecular weight is 287 g/mol. The summed E-state index contributed by atoms with van der Waals surface area (Å²) in [5.41, 5.74) is 1.72. The van der Waals surface area contributed by atoms with Gasteiger partial charge in [0.1, 0.15) is 0 Å². The van der Waals surface area contributed by atoms with Gasteiger partial charge in [-0.15, -0.1) is 0 Å². The number of ketones is 1. The molecule has 0 radical (unpaired) electrons. The van der Waals surface area contributed by atoms with Crippen molar-refractivity contribution in [3.63, 3.8) is 0 Å². The lowest BCUT2D eigenvalue weighted by Gasteiger charge is -2.09. The van der Waals surface area contributed by atoms with Crippen LogP contribution in [0.3, 0.4) is 0 Å². The van der Waals surface area contributed by atoms with E-state index in [0.29, 0.717) is 0 Å². The Labute approximate surface area is 113 Å². The topological polar surface area (TPSA) is 47.6 Å². The van der Waals surface area contributed by atoms with Gasteiger partial charge < -0.3 is 4.74 Å². The second kappa shape index (κ2) is 5.16. The van der Waals surface area contributed by atoms with Crippen molar-refractivity contribution in [3.8, 4) is 0 Å².